The molecule has 1 fully saturated rings. The largest absolute Gasteiger partial charge is 0.193 e. The third-order valence-corrected chi connectivity index (χ3v) is 4.48. The van der Waals surface area contributed by atoms with Gasteiger partial charge in [0.05, 0.1) is 6.07 Å². The lowest BCUT2D eigenvalue weighted by molar-refractivity contribution is 0.376. The van der Waals surface area contributed by atoms with Gasteiger partial charge in [0.2, 0.25) is 0 Å². The van der Waals surface area contributed by atoms with E-state index in [2.05, 4.69) is 43.3 Å². The van der Waals surface area contributed by atoms with Gasteiger partial charge in [-0.25, -0.2) is 0 Å². The molecule has 0 saturated heterocycles. The monoisotopic (exact) mass is 267 g/mol. The van der Waals surface area contributed by atoms with Crippen LogP contribution in [-0.4, -0.2) is 0 Å². The number of rotatable bonds is 5. The molecule has 1 aromatic carbocycles. The molecule has 0 radical (unpaired) electrons. The molecule has 1 aliphatic rings. The topological polar surface area (TPSA) is 23.8 Å². The summed E-state index contributed by atoms with van der Waals surface area (Å²) in [7, 11) is 0. The van der Waals surface area contributed by atoms with Crippen molar-refractivity contribution in [3.8, 4) is 6.07 Å². The second-order valence-electron chi connectivity index (χ2n) is 5.95. The number of nitriles is 1. The second-order valence-corrected chi connectivity index (χ2v) is 5.95. The summed E-state index contributed by atoms with van der Waals surface area (Å²) in [6.45, 7) is 2.24. The minimum atomic E-state index is 0.620. The first-order valence-electron chi connectivity index (χ1n) is 7.98. The van der Waals surface area contributed by atoms with E-state index in [9.17, 15) is 0 Å². The van der Waals surface area contributed by atoms with Crippen LogP contribution in [0.3, 0.4) is 0 Å². The van der Waals surface area contributed by atoms with Crippen LogP contribution < -0.4 is 0 Å². The fourth-order valence-corrected chi connectivity index (χ4v) is 3.16. The number of nitrogens with zero attached hydrogens (tertiary/aromatic N) is 1. The predicted octanol–water partition coefficient (Wildman–Crippen LogP) is 5.38. The van der Waals surface area contributed by atoms with Crippen LogP contribution in [0.4, 0.5) is 0 Å². The summed E-state index contributed by atoms with van der Waals surface area (Å²) in [6, 6.07) is 11.4. The minimum Gasteiger partial charge on any atom is -0.193 e. The lowest BCUT2D eigenvalue weighted by Crippen LogP contribution is -2.11. The fraction of sp³-hybridized carbons (Fsp3) is 0.526. The number of hydrogen-bond acceptors (Lipinski definition) is 1. The van der Waals surface area contributed by atoms with Gasteiger partial charge in [-0.2, -0.15) is 5.26 Å². The first kappa shape index (κ1) is 14.9. The van der Waals surface area contributed by atoms with Gasteiger partial charge < -0.3 is 0 Å². The molecule has 0 N–H and O–H groups in total. The normalized spacial score (nSPS) is 22.8. The van der Waals surface area contributed by atoms with Gasteiger partial charge in [-0.15, -0.1) is 0 Å². The van der Waals surface area contributed by atoms with Gasteiger partial charge in [-0.1, -0.05) is 43.7 Å². The molecule has 0 heterocycles. The smallest absolute Gasteiger partial charge is 0.0908 e. The Kier molecular flexibility index (Phi) is 5.87. The fourth-order valence-electron chi connectivity index (χ4n) is 3.16. The average Bonchev–Trinajstić information content (AvgIpc) is 2.52. The van der Waals surface area contributed by atoms with E-state index in [-0.39, 0.29) is 0 Å². The third kappa shape index (κ3) is 4.23. The summed E-state index contributed by atoms with van der Waals surface area (Å²) in [5.41, 5.74) is 2.98. The van der Waals surface area contributed by atoms with Crippen molar-refractivity contribution >= 4 is 0 Å². The average molecular weight is 267 g/mol. The van der Waals surface area contributed by atoms with Crippen LogP contribution in [0.5, 0.6) is 0 Å². The van der Waals surface area contributed by atoms with Crippen LogP contribution in [-0.2, 0) is 6.42 Å². The van der Waals surface area contributed by atoms with Crippen LogP contribution in [0.1, 0.15) is 62.5 Å². The molecule has 1 nitrogen and oxygen atoms in total. The first-order chi connectivity index (χ1) is 9.83. The molecule has 106 valence electrons. The van der Waals surface area contributed by atoms with E-state index in [0.717, 1.165) is 5.92 Å². The van der Waals surface area contributed by atoms with Crippen molar-refractivity contribution in [1.82, 2.24) is 0 Å². The molecule has 1 aromatic rings. The maximum Gasteiger partial charge on any atom is 0.0908 e. The number of aryl methyl sites for hydroxylation is 1. The Labute approximate surface area is 123 Å². The van der Waals surface area contributed by atoms with Gasteiger partial charge in [0.15, 0.2) is 0 Å². The Morgan fingerprint density at radius 1 is 1.15 bits per heavy atom. The van der Waals surface area contributed by atoms with Crippen LogP contribution in [0.25, 0.3) is 0 Å². The van der Waals surface area contributed by atoms with Gasteiger partial charge in [0.25, 0.3) is 0 Å². The number of unbranched alkanes of at least 4 members (excludes halogenated alkanes) is 1. The van der Waals surface area contributed by atoms with E-state index >= 15 is 0 Å². The highest BCUT2D eigenvalue weighted by Crippen LogP contribution is 2.36. The van der Waals surface area contributed by atoms with Gasteiger partial charge in [0, 0.05) is 6.08 Å². The van der Waals surface area contributed by atoms with Crippen molar-refractivity contribution in [3.05, 3.63) is 47.5 Å². The van der Waals surface area contributed by atoms with Crippen molar-refractivity contribution in [1.29, 1.82) is 5.26 Å². The van der Waals surface area contributed by atoms with Crippen molar-refractivity contribution in [3.63, 3.8) is 0 Å². The molecule has 1 saturated carbocycles. The Morgan fingerprint density at radius 2 is 1.85 bits per heavy atom. The highest BCUT2D eigenvalue weighted by atomic mass is 14.3. The molecule has 0 bridgehead atoms. The molecule has 0 aliphatic heterocycles. The summed E-state index contributed by atoms with van der Waals surface area (Å²) >= 11 is 0. The maximum atomic E-state index is 8.58. The zero-order valence-electron chi connectivity index (χ0n) is 12.5. The van der Waals surface area contributed by atoms with Gasteiger partial charge >= 0.3 is 0 Å². The van der Waals surface area contributed by atoms with Crippen LogP contribution in [0.2, 0.25) is 0 Å². The number of benzene rings is 1. The van der Waals surface area contributed by atoms with Gasteiger partial charge in [0.1, 0.15) is 0 Å². The Bertz CT molecular complexity index is 456. The third-order valence-electron chi connectivity index (χ3n) is 4.48. The highest BCUT2D eigenvalue weighted by molar-refractivity contribution is 5.26. The number of allylic oxidation sites excluding steroid dienone is 2. The van der Waals surface area contributed by atoms with Crippen molar-refractivity contribution in [2.24, 2.45) is 5.92 Å². The molecule has 1 heteroatoms. The van der Waals surface area contributed by atoms with Crippen molar-refractivity contribution in [2.75, 3.05) is 0 Å². The summed E-state index contributed by atoms with van der Waals surface area (Å²) in [5.74, 6) is 1.34. The van der Waals surface area contributed by atoms with Crippen molar-refractivity contribution < 1.29 is 0 Å². The molecule has 2 rings (SSSR count). The van der Waals surface area contributed by atoms with E-state index in [4.69, 9.17) is 5.26 Å². The SMILES string of the molecule is CCCCc1ccc(C2CCC(/C=C/C#N)CC2)cc1. The number of hydrogen-bond donors (Lipinski definition) is 0. The maximum absolute atomic E-state index is 8.58. The minimum absolute atomic E-state index is 0.620. The zero-order valence-corrected chi connectivity index (χ0v) is 12.5. The summed E-state index contributed by atoms with van der Waals surface area (Å²) in [5, 5.41) is 8.58. The molecule has 0 unspecified atom stereocenters. The molecule has 1 aliphatic carbocycles. The molecule has 0 atom stereocenters. The summed E-state index contributed by atoms with van der Waals surface area (Å²) < 4.78 is 0. The van der Waals surface area contributed by atoms with E-state index in [1.54, 1.807) is 6.08 Å². The predicted molar refractivity (Wildman–Crippen MR) is 84.5 cm³/mol. The van der Waals surface area contributed by atoms with E-state index in [1.165, 1.54) is 56.1 Å². The Morgan fingerprint density at radius 3 is 2.45 bits per heavy atom. The standard InChI is InChI=1S/C19H25N/c1-2-3-5-16-7-11-18(12-8-16)19-13-9-17(10-14-19)6-4-15-20/h4,6-8,11-12,17,19H,2-3,5,9-10,13-14H2,1H3/b6-4+. The quantitative estimate of drug-likeness (QED) is 0.657. The molecule has 0 spiro atoms. The van der Waals surface area contributed by atoms with E-state index < -0.39 is 0 Å². The van der Waals surface area contributed by atoms with Crippen LogP contribution >= 0.6 is 0 Å². The summed E-state index contributed by atoms with van der Waals surface area (Å²) in [4.78, 5) is 0. The molecule has 0 aromatic heterocycles. The molecular formula is C19H25N. The first-order valence-corrected chi connectivity index (χ1v) is 7.98. The Hall–Kier alpha value is -1.55. The van der Waals surface area contributed by atoms with Gasteiger partial charge in [-0.3, -0.25) is 0 Å². The van der Waals surface area contributed by atoms with Crippen LogP contribution in [0.15, 0.2) is 36.4 Å². The lowest BCUT2D eigenvalue weighted by atomic mass is 9.78. The van der Waals surface area contributed by atoms with Crippen molar-refractivity contribution in [2.45, 2.75) is 57.8 Å². The van der Waals surface area contributed by atoms with Crippen LogP contribution in [0, 0.1) is 17.2 Å². The van der Waals surface area contributed by atoms with Gasteiger partial charge in [-0.05, 0) is 61.5 Å². The molecule has 0 amide bonds. The Balaban J connectivity index is 1.87. The lowest BCUT2D eigenvalue weighted by Gasteiger charge is -2.27. The second kappa shape index (κ2) is 7.90. The zero-order chi connectivity index (χ0) is 14.2. The van der Waals surface area contributed by atoms with E-state index in [0.29, 0.717) is 5.92 Å². The molecule has 20 heavy (non-hydrogen) atoms. The van der Waals surface area contributed by atoms with E-state index in [1.807, 2.05) is 0 Å². The highest BCUT2D eigenvalue weighted by Gasteiger charge is 2.20. The molecular weight excluding hydrogens is 242 g/mol. The summed E-state index contributed by atoms with van der Waals surface area (Å²) in [6.07, 6.45) is 12.5.